The number of aryl methyl sites for hydroxylation is 2. The zero-order valence-corrected chi connectivity index (χ0v) is 13.0. The van der Waals surface area contributed by atoms with Gasteiger partial charge < -0.3 is 5.32 Å². The van der Waals surface area contributed by atoms with E-state index in [4.69, 9.17) is 11.6 Å². The number of aromatic nitrogens is 2. The average molecular weight is 314 g/mol. The molecular weight excluding hydrogens is 296 g/mol. The van der Waals surface area contributed by atoms with Gasteiger partial charge >= 0.3 is 0 Å². The molecule has 1 heterocycles. The maximum atomic E-state index is 14.0. The van der Waals surface area contributed by atoms with E-state index in [1.807, 2.05) is 24.6 Å². The molecule has 0 aliphatic rings. The molecule has 6 heteroatoms. The first-order chi connectivity index (χ1) is 9.96. The lowest BCUT2D eigenvalue weighted by Gasteiger charge is -2.18. The van der Waals surface area contributed by atoms with Crippen molar-refractivity contribution in [2.45, 2.75) is 32.9 Å². The molecule has 1 aromatic heterocycles. The van der Waals surface area contributed by atoms with E-state index in [1.54, 1.807) is 7.05 Å². The van der Waals surface area contributed by atoms with Crippen LogP contribution in [0.1, 0.15) is 29.9 Å². The number of rotatable bonds is 5. The number of hydrogen-bond acceptors (Lipinski definition) is 2. The Bertz CT molecular complexity index is 640. The summed E-state index contributed by atoms with van der Waals surface area (Å²) in [5.41, 5.74) is 2.15. The summed E-state index contributed by atoms with van der Waals surface area (Å²) in [5, 5.41) is 7.18. The van der Waals surface area contributed by atoms with Crippen molar-refractivity contribution in [1.29, 1.82) is 0 Å². The van der Waals surface area contributed by atoms with Crippen LogP contribution in [0.3, 0.4) is 0 Å². The number of nitrogens with one attached hydrogen (secondary N) is 1. The summed E-state index contributed by atoms with van der Waals surface area (Å²) in [6.45, 7) is 4.64. The Morgan fingerprint density at radius 2 is 2.00 bits per heavy atom. The number of halogens is 3. The van der Waals surface area contributed by atoms with Crippen LogP contribution in [0.25, 0.3) is 0 Å². The third-order valence-corrected chi connectivity index (χ3v) is 3.75. The van der Waals surface area contributed by atoms with Gasteiger partial charge in [0.25, 0.3) is 0 Å². The van der Waals surface area contributed by atoms with Gasteiger partial charge in [-0.1, -0.05) is 11.6 Å². The van der Waals surface area contributed by atoms with Crippen molar-refractivity contribution in [3.05, 3.63) is 51.8 Å². The first kappa shape index (κ1) is 15.9. The van der Waals surface area contributed by atoms with Gasteiger partial charge in [0.1, 0.15) is 11.6 Å². The molecule has 0 bridgehead atoms. The molecular formula is C15H18ClF2N3. The molecule has 0 amide bonds. The summed E-state index contributed by atoms with van der Waals surface area (Å²) in [4.78, 5) is 0. The first-order valence-corrected chi connectivity index (χ1v) is 7.19. The molecule has 1 N–H and O–H groups in total. The second-order valence-corrected chi connectivity index (χ2v) is 5.33. The van der Waals surface area contributed by atoms with Gasteiger partial charge in [0.05, 0.1) is 10.7 Å². The molecule has 0 saturated heterocycles. The first-order valence-electron chi connectivity index (χ1n) is 6.81. The van der Waals surface area contributed by atoms with Crippen LogP contribution in [0.4, 0.5) is 8.78 Å². The Hall–Kier alpha value is -1.46. The Labute approximate surface area is 127 Å². The van der Waals surface area contributed by atoms with Crippen LogP contribution >= 0.6 is 11.6 Å². The van der Waals surface area contributed by atoms with Gasteiger partial charge in [-0.25, -0.2) is 8.78 Å². The molecule has 0 fully saturated rings. The second kappa shape index (κ2) is 6.54. The lowest BCUT2D eigenvalue weighted by molar-refractivity contribution is 0.503. The molecule has 1 atom stereocenters. The molecule has 0 radical (unpaired) electrons. The van der Waals surface area contributed by atoms with Gasteiger partial charge in [0.15, 0.2) is 0 Å². The smallest absolute Gasteiger partial charge is 0.142 e. The number of hydrogen-bond donors (Lipinski definition) is 1. The highest BCUT2D eigenvalue weighted by Crippen LogP contribution is 2.26. The zero-order chi connectivity index (χ0) is 15.6. The van der Waals surface area contributed by atoms with E-state index in [-0.39, 0.29) is 16.6 Å². The zero-order valence-electron chi connectivity index (χ0n) is 12.3. The summed E-state index contributed by atoms with van der Waals surface area (Å²) in [6, 6.07) is 3.77. The summed E-state index contributed by atoms with van der Waals surface area (Å²) < 4.78 is 29.5. The van der Waals surface area contributed by atoms with Crippen molar-refractivity contribution in [3.63, 3.8) is 0 Å². The van der Waals surface area contributed by atoms with Gasteiger partial charge in [-0.15, -0.1) is 0 Å². The highest BCUT2D eigenvalue weighted by molar-refractivity contribution is 6.30. The normalized spacial score (nSPS) is 12.7. The SMILES string of the molecule is CCn1nc(C)cc1CC(NC)c1cc(F)c(Cl)cc1F. The lowest BCUT2D eigenvalue weighted by Crippen LogP contribution is -2.22. The van der Waals surface area contributed by atoms with E-state index in [0.29, 0.717) is 6.42 Å². The third kappa shape index (κ3) is 3.41. The second-order valence-electron chi connectivity index (χ2n) is 4.93. The Balaban J connectivity index is 2.34. The Morgan fingerprint density at radius 1 is 1.29 bits per heavy atom. The third-order valence-electron chi connectivity index (χ3n) is 3.46. The molecule has 0 aliphatic heterocycles. The molecule has 1 unspecified atom stereocenters. The van der Waals surface area contributed by atoms with Gasteiger partial charge in [-0.05, 0) is 39.1 Å². The maximum absolute atomic E-state index is 14.0. The quantitative estimate of drug-likeness (QED) is 0.854. The predicted molar refractivity (Wildman–Crippen MR) is 79.5 cm³/mol. The Kier molecular flexibility index (Phi) is 4.96. The van der Waals surface area contributed by atoms with E-state index < -0.39 is 11.6 Å². The van der Waals surface area contributed by atoms with Crippen LogP contribution in [0, 0.1) is 18.6 Å². The van der Waals surface area contributed by atoms with Crippen molar-refractivity contribution in [3.8, 4) is 0 Å². The fourth-order valence-corrected chi connectivity index (χ4v) is 2.57. The molecule has 114 valence electrons. The minimum absolute atomic E-state index is 0.208. The molecule has 0 saturated carbocycles. The molecule has 1 aromatic carbocycles. The van der Waals surface area contributed by atoms with Crippen LogP contribution in [0.2, 0.25) is 5.02 Å². The summed E-state index contributed by atoms with van der Waals surface area (Å²) >= 11 is 5.60. The fraction of sp³-hybridized carbons (Fsp3) is 0.400. The number of nitrogens with zero attached hydrogens (tertiary/aromatic N) is 2. The minimum atomic E-state index is -0.617. The Morgan fingerprint density at radius 3 is 2.62 bits per heavy atom. The molecule has 2 aromatic rings. The van der Waals surface area contributed by atoms with Crippen molar-refractivity contribution < 1.29 is 8.78 Å². The predicted octanol–water partition coefficient (Wildman–Crippen LogP) is 3.65. The summed E-state index contributed by atoms with van der Waals surface area (Å²) in [7, 11) is 1.72. The maximum Gasteiger partial charge on any atom is 0.142 e. The van der Waals surface area contributed by atoms with Crippen LogP contribution in [-0.4, -0.2) is 16.8 Å². The van der Waals surface area contributed by atoms with Crippen molar-refractivity contribution in [1.82, 2.24) is 15.1 Å². The highest BCUT2D eigenvalue weighted by atomic mass is 35.5. The van der Waals surface area contributed by atoms with Gasteiger partial charge in [0, 0.05) is 30.3 Å². The van der Waals surface area contributed by atoms with Crippen molar-refractivity contribution >= 4 is 11.6 Å². The van der Waals surface area contributed by atoms with Crippen LogP contribution in [0.15, 0.2) is 18.2 Å². The van der Waals surface area contributed by atoms with Crippen molar-refractivity contribution in [2.75, 3.05) is 7.05 Å². The van der Waals surface area contributed by atoms with E-state index in [2.05, 4.69) is 10.4 Å². The van der Waals surface area contributed by atoms with E-state index in [9.17, 15) is 8.78 Å². The lowest BCUT2D eigenvalue weighted by atomic mass is 10.0. The molecule has 3 nitrogen and oxygen atoms in total. The molecule has 0 spiro atoms. The van der Waals surface area contributed by atoms with Crippen LogP contribution in [-0.2, 0) is 13.0 Å². The largest absolute Gasteiger partial charge is 0.313 e. The van der Waals surface area contributed by atoms with E-state index in [0.717, 1.165) is 30.1 Å². The van der Waals surface area contributed by atoms with E-state index >= 15 is 0 Å². The monoisotopic (exact) mass is 313 g/mol. The minimum Gasteiger partial charge on any atom is -0.313 e. The standard InChI is InChI=1S/C15H18ClF2N3/c1-4-21-10(5-9(2)20-21)6-15(19-3)11-7-14(18)12(16)8-13(11)17/h5,7-8,15,19H,4,6H2,1-3H3. The van der Waals surface area contributed by atoms with Crippen molar-refractivity contribution in [2.24, 2.45) is 0 Å². The van der Waals surface area contributed by atoms with Gasteiger partial charge in [-0.2, -0.15) is 5.10 Å². The molecule has 0 aliphatic carbocycles. The van der Waals surface area contributed by atoms with Crippen LogP contribution in [0.5, 0.6) is 0 Å². The summed E-state index contributed by atoms with van der Waals surface area (Å²) in [5.74, 6) is -1.13. The van der Waals surface area contributed by atoms with Gasteiger partial charge in [0.2, 0.25) is 0 Å². The molecule has 21 heavy (non-hydrogen) atoms. The summed E-state index contributed by atoms with van der Waals surface area (Å²) in [6.07, 6.45) is 0.517. The average Bonchev–Trinajstić information content (AvgIpc) is 2.80. The number of likely N-dealkylation sites (N-methyl/N-ethyl adjacent to an activating group) is 1. The highest BCUT2D eigenvalue weighted by Gasteiger charge is 2.19. The van der Waals surface area contributed by atoms with Gasteiger partial charge in [-0.3, -0.25) is 4.68 Å². The van der Waals surface area contributed by atoms with Crippen LogP contribution < -0.4 is 5.32 Å². The number of benzene rings is 1. The fourth-order valence-electron chi connectivity index (χ4n) is 2.42. The van der Waals surface area contributed by atoms with E-state index in [1.165, 1.54) is 0 Å². The topological polar surface area (TPSA) is 29.9 Å². The molecule has 2 rings (SSSR count).